The summed E-state index contributed by atoms with van der Waals surface area (Å²) in [7, 11) is 0. The van der Waals surface area contributed by atoms with E-state index in [1.165, 1.54) is 16.7 Å². The van der Waals surface area contributed by atoms with Gasteiger partial charge in [-0.3, -0.25) is 14.4 Å². The van der Waals surface area contributed by atoms with E-state index < -0.39 is 30.0 Å². The summed E-state index contributed by atoms with van der Waals surface area (Å²) in [6.07, 6.45) is -0.0557. The Morgan fingerprint density at radius 3 is 2.90 bits per heavy atom. The van der Waals surface area contributed by atoms with Gasteiger partial charge in [-0.25, -0.2) is 9.87 Å². The molecule has 1 unspecified atom stereocenters. The second-order valence-electron chi connectivity index (χ2n) is 6.76. The fraction of sp³-hybridized carbons (Fsp3) is 0.368. The number of hydroxylamine groups is 1. The SMILES string of the molecule is Cc1ccc(Nc2c(C(=O)NOCC(O)CO)c3n(c(=O)c2Cl)CCC3)c(F)c1. The predicted molar refractivity (Wildman–Crippen MR) is 105 cm³/mol. The Morgan fingerprint density at radius 1 is 1.45 bits per heavy atom. The fourth-order valence-corrected chi connectivity index (χ4v) is 3.41. The number of aromatic nitrogens is 1. The molecule has 4 N–H and O–H groups in total. The normalized spacial score (nSPS) is 13.8. The number of benzene rings is 1. The lowest BCUT2D eigenvalue weighted by molar-refractivity contribution is -0.0295. The van der Waals surface area contributed by atoms with Crippen LogP contribution in [-0.2, 0) is 17.8 Å². The first-order chi connectivity index (χ1) is 13.8. The monoisotopic (exact) mass is 425 g/mol. The summed E-state index contributed by atoms with van der Waals surface area (Å²) in [6.45, 7) is 1.29. The number of carbonyl (C=O) groups excluding carboxylic acids is 1. The summed E-state index contributed by atoms with van der Waals surface area (Å²) >= 11 is 6.25. The molecule has 156 valence electrons. The first-order valence-electron chi connectivity index (χ1n) is 9.02. The highest BCUT2D eigenvalue weighted by Gasteiger charge is 2.28. The first-order valence-corrected chi connectivity index (χ1v) is 9.40. The maximum Gasteiger partial charge on any atom is 0.278 e. The van der Waals surface area contributed by atoms with Crippen molar-refractivity contribution in [2.75, 3.05) is 18.5 Å². The fourth-order valence-electron chi connectivity index (χ4n) is 3.16. The van der Waals surface area contributed by atoms with Crippen LogP contribution in [0.2, 0.25) is 5.02 Å². The molecule has 1 aliphatic rings. The Hall–Kier alpha value is -2.46. The third kappa shape index (κ3) is 4.43. The molecule has 1 atom stereocenters. The lowest BCUT2D eigenvalue weighted by atomic mass is 10.1. The van der Waals surface area contributed by atoms with Crippen molar-refractivity contribution in [2.45, 2.75) is 32.4 Å². The molecule has 10 heteroatoms. The molecule has 0 saturated carbocycles. The van der Waals surface area contributed by atoms with Crippen molar-refractivity contribution in [3.63, 3.8) is 0 Å². The molecule has 0 spiro atoms. The molecule has 2 aromatic rings. The van der Waals surface area contributed by atoms with Crippen LogP contribution in [0.25, 0.3) is 0 Å². The van der Waals surface area contributed by atoms with Gasteiger partial charge in [-0.15, -0.1) is 0 Å². The van der Waals surface area contributed by atoms with E-state index in [0.717, 1.165) is 0 Å². The van der Waals surface area contributed by atoms with E-state index in [1.54, 1.807) is 13.0 Å². The Bertz CT molecular complexity index is 995. The molecule has 1 aromatic carbocycles. The number of halogens is 2. The largest absolute Gasteiger partial charge is 0.394 e. The van der Waals surface area contributed by atoms with Crippen molar-refractivity contribution in [3.05, 3.63) is 56.2 Å². The number of rotatable bonds is 7. The quantitative estimate of drug-likeness (QED) is 0.502. The average Bonchev–Trinajstić information content (AvgIpc) is 3.17. The number of amides is 1. The lowest BCUT2D eigenvalue weighted by Crippen LogP contribution is -2.33. The predicted octanol–water partition coefficient (Wildman–Crippen LogP) is 1.65. The molecule has 0 radical (unpaired) electrons. The van der Waals surface area contributed by atoms with Crippen LogP contribution in [0.4, 0.5) is 15.8 Å². The van der Waals surface area contributed by atoms with Crippen LogP contribution in [0.5, 0.6) is 0 Å². The number of anilines is 2. The molecular weight excluding hydrogens is 405 g/mol. The Morgan fingerprint density at radius 2 is 2.21 bits per heavy atom. The number of hydrogen-bond acceptors (Lipinski definition) is 6. The van der Waals surface area contributed by atoms with Gasteiger partial charge in [0.15, 0.2) is 0 Å². The van der Waals surface area contributed by atoms with Crippen molar-refractivity contribution in [1.29, 1.82) is 0 Å². The molecule has 0 saturated heterocycles. The Balaban J connectivity index is 2.01. The number of nitrogens with one attached hydrogen (secondary N) is 2. The van der Waals surface area contributed by atoms with E-state index in [0.29, 0.717) is 30.6 Å². The topological polar surface area (TPSA) is 113 Å². The molecular formula is C19H21ClFN3O5. The van der Waals surface area contributed by atoms with Crippen LogP contribution in [0, 0.1) is 12.7 Å². The molecule has 1 aliphatic heterocycles. The van der Waals surface area contributed by atoms with E-state index in [9.17, 15) is 19.1 Å². The molecule has 0 aliphatic carbocycles. The number of aliphatic hydroxyl groups excluding tert-OH is 2. The Kier molecular flexibility index (Phi) is 6.53. The molecule has 29 heavy (non-hydrogen) atoms. The van der Waals surface area contributed by atoms with Crippen LogP contribution in [-0.4, -0.2) is 40.0 Å². The van der Waals surface area contributed by atoms with Gasteiger partial charge in [0.2, 0.25) is 0 Å². The maximum atomic E-state index is 14.3. The zero-order chi connectivity index (χ0) is 21.1. The van der Waals surface area contributed by atoms with Gasteiger partial charge >= 0.3 is 0 Å². The minimum Gasteiger partial charge on any atom is -0.394 e. The van der Waals surface area contributed by atoms with Gasteiger partial charge in [0.25, 0.3) is 11.5 Å². The van der Waals surface area contributed by atoms with Gasteiger partial charge in [-0.1, -0.05) is 17.7 Å². The highest BCUT2D eigenvalue weighted by molar-refractivity contribution is 6.34. The number of pyridine rings is 1. The number of aliphatic hydroxyl groups is 2. The van der Waals surface area contributed by atoms with Gasteiger partial charge < -0.3 is 20.1 Å². The number of carbonyl (C=O) groups is 1. The minimum absolute atomic E-state index is 0.0172. The van der Waals surface area contributed by atoms with Gasteiger partial charge in [0, 0.05) is 12.2 Å². The maximum absolute atomic E-state index is 14.3. The van der Waals surface area contributed by atoms with E-state index in [-0.39, 0.29) is 28.6 Å². The van der Waals surface area contributed by atoms with Crippen molar-refractivity contribution in [3.8, 4) is 0 Å². The number of aryl methyl sites for hydroxylation is 1. The Labute approximate surface area is 170 Å². The zero-order valence-corrected chi connectivity index (χ0v) is 16.4. The van der Waals surface area contributed by atoms with Crippen LogP contribution in [0.1, 0.15) is 28.0 Å². The summed E-state index contributed by atoms with van der Waals surface area (Å²) in [5, 5.41) is 20.7. The number of hydrogen-bond donors (Lipinski definition) is 4. The van der Waals surface area contributed by atoms with Crippen molar-refractivity contribution >= 4 is 28.9 Å². The molecule has 8 nitrogen and oxygen atoms in total. The average molecular weight is 426 g/mol. The third-order valence-electron chi connectivity index (χ3n) is 4.57. The molecule has 0 bridgehead atoms. The van der Waals surface area contributed by atoms with E-state index in [2.05, 4.69) is 10.8 Å². The summed E-state index contributed by atoms with van der Waals surface area (Å²) in [5.74, 6) is -1.27. The smallest absolute Gasteiger partial charge is 0.278 e. The first kappa shape index (κ1) is 21.3. The van der Waals surface area contributed by atoms with Gasteiger partial charge in [-0.05, 0) is 37.5 Å². The van der Waals surface area contributed by atoms with Crippen LogP contribution < -0.4 is 16.4 Å². The molecule has 2 heterocycles. The molecule has 1 aromatic heterocycles. The van der Waals surface area contributed by atoms with Gasteiger partial charge in [0.1, 0.15) is 23.6 Å². The molecule has 1 amide bonds. The zero-order valence-electron chi connectivity index (χ0n) is 15.7. The second kappa shape index (κ2) is 8.91. The highest BCUT2D eigenvalue weighted by Crippen LogP contribution is 2.33. The van der Waals surface area contributed by atoms with E-state index >= 15 is 0 Å². The third-order valence-corrected chi connectivity index (χ3v) is 4.93. The van der Waals surface area contributed by atoms with Crippen molar-refractivity contribution in [1.82, 2.24) is 10.0 Å². The summed E-state index contributed by atoms with van der Waals surface area (Å²) < 4.78 is 15.8. The van der Waals surface area contributed by atoms with E-state index in [4.69, 9.17) is 21.5 Å². The highest BCUT2D eigenvalue weighted by atomic mass is 35.5. The van der Waals surface area contributed by atoms with E-state index in [1.807, 2.05) is 0 Å². The van der Waals surface area contributed by atoms with Crippen LogP contribution >= 0.6 is 11.6 Å². The lowest BCUT2D eigenvalue weighted by Gasteiger charge is -2.19. The number of fused-ring (bicyclic) bond motifs is 1. The summed E-state index contributed by atoms with van der Waals surface area (Å²) in [4.78, 5) is 30.3. The summed E-state index contributed by atoms with van der Waals surface area (Å²) in [5.41, 5.74) is 2.97. The van der Waals surface area contributed by atoms with Gasteiger partial charge in [-0.2, -0.15) is 0 Å². The van der Waals surface area contributed by atoms with Gasteiger partial charge in [0.05, 0.1) is 23.5 Å². The van der Waals surface area contributed by atoms with Crippen molar-refractivity contribution < 1.29 is 24.2 Å². The van der Waals surface area contributed by atoms with Crippen LogP contribution in [0.15, 0.2) is 23.0 Å². The summed E-state index contributed by atoms with van der Waals surface area (Å²) in [6, 6.07) is 4.48. The van der Waals surface area contributed by atoms with Crippen molar-refractivity contribution in [2.24, 2.45) is 0 Å². The van der Waals surface area contributed by atoms with Crippen LogP contribution in [0.3, 0.4) is 0 Å². The second-order valence-corrected chi connectivity index (χ2v) is 7.14. The standard InChI is InChI=1S/C19H21ClFN3O5/c1-10-4-5-13(12(21)7-10)22-17-15(18(27)23-29-9-11(26)8-25)14-3-2-6-24(14)19(28)16(17)20/h4-5,7,11,22,25-26H,2-3,6,8-9H2,1H3,(H,23,27). The minimum atomic E-state index is -1.16. The number of nitrogens with zero attached hydrogens (tertiary/aromatic N) is 1. The molecule has 3 rings (SSSR count). The molecule has 0 fully saturated rings.